The van der Waals surface area contributed by atoms with Crippen molar-refractivity contribution < 1.29 is 4.84 Å². The van der Waals surface area contributed by atoms with Crippen LogP contribution >= 0.6 is 0 Å². The van der Waals surface area contributed by atoms with E-state index in [2.05, 4.69) is 5.16 Å². The molecule has 0 atom stereocenters. The lowest BCUT2D eigenvalue weighted by molar-refractivity contribution is 0.123. The lowest BCUT2D eigenvalue weighted by Gasteiger charge is -2.49. The summed E-state index contributed by atoms with van der Waals surface area (Å²) in [5, 5.41) is 4.14. The molecule has 11 heavy (non-hydrogen) atoms. The average Bonchev–Trinajstić information content (AvgIpc) is 1.83. The Morgan fingerprint density at radius 3 is 2.64 bits per heavy atom. The van der Waals surface area contributed by atoms with Gasteiger partial charge in [-0.2, -0.15) is 0 Å². The van der Waals surface area contributed by atoms with E-state index >= 15 is 0 Å². The first kappa shape index (κ1) is 7.14. The summed E-state index contributed by atoms with van der Waals surface area (Å²) in [5.41, 5.74) is 1.88. The molecule has 2 aliphatic rings. The van der Waals surface area contributed by atoms with Crippen molar-refractivity contribution in [2.24, 2.45) is 10.6 Å². The molecule has 0 heterocycles. The van der Waals surface area contributed by atoms with Gasteiger partial charge in [0.1, 0.15) is 6.61 Å². The highest BCUT2D eigenvalue weighted by molar-refractivity contribution is 5.95. The monoisotopic (exact) mass is 153 g/mol. The van der Waals surface area contributed by atoms with Crippen LogP contribution < -0.4 is 0 Å². The van der Waals surface area contributed by atoms with E-state index in [-0.39, 0.29) is 0 Å². The molecule has 0 saturated heterocycles. The maximum atomic E-state index is 5.06. The quantitative estimate of drug-likeness (QED) is 0.558. The van der Waals surface area contributed by atoms with Crippen molar-refractivity contribution in [1.82, 2.24) is 0 Å². The summed E-state index contributed by atoms with van der Waals surface area (Å²) in [7, 11) is 0. The van der Waals surface area contributed by atoms with Crippen LogP contribution in [0, 0.1) is 5.41 Å². The zero-order valence-corrected chi connectivity index (χ0v) is 7.10. The lowest BCUT2D eigenvalue weighted by atomic mass is 9.55. The van der Waals surface area contributed by atoms with Gasteiger partial charge in [0.2, 0.25) is 0 Å². The summed E-state index contributed by atoms with van der Waals surface area (Å²) < 4.78 is 0. The zero-order chi connectivity index (χ0) is 7.73. The number of rotatable bonds is 2. The minimum Gasteiger partial charge on any atom is -0.396 e. The van der Waals surface area contributed by atoms with Crippen LogP contribution in [0.1, 0.15) is 39.0 Å². The van der Waals surface area contributed by atoms with Crippen molar-refractivity contribution in [2.45, 2.75) is 39.0 Å². The van der Waals surface area contributed by atoms with Gasteiger partial charge in [0.25, 0.3) is 0 Å². The van der Waals surface area contributed by atoms with Gasteiger partial charge in [-0.05, 0) is 32.6 Å². The third-order valence-electron chi connectivity index (χ3n) is 3.07. The first-order valence-corrected chi connectivity index (χ1v) is 4.57. The van der Waals surface area contributed by atoms with Crippen LogP contribution in [0.5, 0.6) is 0 Å². The molecule has 0 bridgehead atoms. The molecule has 0 amide bonds. The maximum absolute atomic E-state index is 5.06. The Bertz CT molecular complexity index is 176. The molecule has 0 unspecified atom stereocenters. The minimum absolute atomic E-state index is 0.537. The van der Waals surface area contributed by atoms with Gasteiger partial charge in [0.15, 0.2) is 0 Å². The van der Waals surface area contributed by atoms with Crippen molar-refractivity contribution in [3.05, 3.63) is 0 Å². The van der Waals surface area contributed by atoms with E-state index in [0.29, 0.717) is 12.0 Å². The van der Waals surface area contributed by atoms with Gasteiger partial charge in [-0.3, -0.25) is 0 Å². The molecule has 0 aromatic heterocycles. The van der Waals surface area contributed by atoms with Crippen LogP contribution in [0.25, 0.3) is 0 Å². The summed E-state index contributed by atoms with van der Waals surface area (Å²) in [6, 6.07) is 0. The molecule has 0 aliphatic heterocycles. The fourth-order valence-corrected chi connectivity index (χ4v) is 2.02. The van der Waals surface area contributed by atoms with Crippen LogP contribution in [-0.4, -0.2) is 12.3 Å². The van der Waals surface area contributed by atoms with E-state index in [1.165, 1.54) is 37.8 Å². The molecular formula is C9H15NO. The molecule has 0 radical (unpaired) electrons. The van der Waals surface area contributed by atoms with Gasteiger partial charge in [0, 0.05) is 5.41 Å². The summed E-state index contributed by atoms with van der Waals surface area (Å²) in [4.78, 5) is 5.06. The average molecular weight is 153 g/mol. The zero-order valence-electron chi connectivity index (χ0n) is 7.10. The first-order valence-electron chi connectivity index (χ1n) is 4.57. The van der Waals surface area contributed by atoms with Crippen molar-refractivity contribution in [2.75, 3.05) is 6.61 Å². The van der Waals surface area contributed by atoms with Gasteiger partial charge >= 0.3 is 0 Å². The number of hydrogen-bond acceptors (Lipinski definition) is 2. The predicted molar refractivity (Wildman–Crippen MR) is 44.6 cm³/mol. The fourth-order valence-electron chi connectivity index (χ4n) is 2.02. The molecule has 2 fully saturated rings. The molecule has 2 nitrogen and oxygen atoms in total. The van der Waals surface area contributed by atoms with Crippen LogP contribution in [0.4, 0.5) is 0 Å². The Kier molecular flexibility index (Phi) is 1.63. The Labute approximate surface area is 67.6 Å². The number of oxime groups is 1. The van der Waals surface area contributed by atoms with Crippen LogP contribution in [0.2, 0.25) is 0 Å². The Morgan fingerprint density at radius 1 is 1.45 bits per heavy atom. The van der Waals surface area contributed by atoms with Gasteiger partial charge in [0.05, 0.1) is 5.71 Å². The van der Waals surface area contributed by atoms with Crippen LogP contribution in [0.3, 0.4) is 0 Å². The first-order chi connectivity index (χ1) is 5.37. The van der Waals surface area contributed by atoms with Crippen molar-refractivity contribution in [3.8, 4) is 0 Å². The molecule has 2 heteroatoms. The normalized spacial score (nSPS) is 29.7. The van der Waals surface area contributed by atoms with E-state index in [1.807, 2.05) is 6.92 Å². The highest BCUT2D eigenvalue weighted by Gasteiger charge is 2.48. The topological polar surface area (TPSA) is 21.6 Å². The minimum atomic E-state index is 0.537. The number of hydrogen-bond donors (Lipinski definition) is 0. The highest BCUT2D eigenvalue weighted by atomic mass is 16.6. The molecule has 1 spiro atoms. The second kappa shape index (κ2) is 2.50. The summed E-state index contributed by atoms with van der Waals surface area (Å²) in [6.07, 6.45) is 6.65. The Hall–Kier alpha value is -0.530. The second-order valence-corrected chi connectivity index (χ2v) is 3.59. The standard InChI is InChI=1S/C9H15NO/c1-2-11-10-8-4-7-9(8)5-3-6-9/h2-7H2,1H3/b10-8-. The maximum Gasteiger partial charge on any atom is 0.114 e. The molecule has 2 saturated carbocycles. The Morgan fingerprint density at radius 2 is 2.27 bits per heavy atom. The van der Waals surface area contributed by atoms with Gasteiger partial charge in [-0.15, -0.1) is 0 Å². The van der Waals surface area contributed by atoms with E-state index in [4.69, 9.17) is 4.84 Å². The van der Waals surface area contributed by atoms with Crippen molar-refractivity contribution in [3.63, 3.8) is 0 Å². The summed E-state index contributed by atoms with van der Waals surface area (Å²) in [5.74, 6) is 0. The van der Waals surface area contributed by atoms with E-state index in [1.54, 1.807) is 0 Å². The van der Waals surface area contributed by atoms with E-state index < -0.39 is 0 Å². The largest absolute Gasteiger partial charge is 0.396 e. The molecule has 0 aromatic rings. The summed E-state index contributed by atoms with van der Waals surface area (Å²) >= 11 is 0. The van der Waals surface area contributed by atoms with Gasteiger partial charge < -0.3 is 4.84 Å². The highest BCUT2D eigenvalue weighted by Crippen LogP contribution is 2.53. The lowest BCUT2D eigenvalue weighted by Crippen LogP contribution is -2.46. The molecule has 2 rings (SSSR count). The third-order valence-corrected chi connectivity index (χ3v) is 3.07. The molecule has 2 aliphatic carbocycles. The van der Waals surface area contributed by atoms with Crippen molar-refractivity contribution in [1.29, 1.82) is 0 Å². The number of nitrogens with zero attached hydrogens (tertiary/aromatic N) is 1. The van der Waals surface area contributed by atoms with Crippen LogP contribution in [-0.2, 0) is 4.84 Å². The van der Waals surface area contributed by atoms with Gasteiger partial charge in [-0.1, -0.05) is 11.6 Å². The predicted octanol–water partition coefficient (Wildman–Crippen LogP) is 2.34. The molecule has 62 valence electrons. The molecule has 0 aromatic carbocycles. The van der Waals surface area contributed by atoms with Gasteiger partial charge in [-0.25, -0.2) is 0 Å². The molecule has 0 N–H and O–H groups in total. The van der Waals surface area contributed by atoms with Crippen LogP contribution in [0.15, 0.2) is 5.16 Å². The smallest absolute Gasteiger partial charge is 0.114 e. The second-order valence-electron chi connectivity index (χ2n) is 3.59. The fraction of sp³-hybridized carbons (Fsp3) is 0.889. The van der Waals surface area contributed by atoms with Crippen molar-refractivity contribution >= 4 is 5.71 Å². The van der Waals surface area contributed by atoms with E-state index in [0.717, 1.165) is 0 Å². The third kappa shape index (κ3) is 0.959. The summed E-state index contributed by atoms with van der Waals surface area (Å²) in [6.45, 7) is 2.69. The molecular weight excluding hydrogens is 138 g/mol. The Balaban J connectivity index is 1.94. The van der Waals surface area contributed by atoms with E-state index in [9.17, 15) is 0 Å². The SMILES string of the molecule is CCO/N=C1/CCC12CCC2.